The van der Waals surface area contributed by atoms with E-state index >= 15 is 0 Å². The summed E-state index contributed by atoms with van der Waals surface area (Å²) in [6.07, 6.45) is -0.559. The molecule has 1 aliphatic heterocycles. The molecule has 0 aromatic heterocycles. The molecular formula is C32H30ClNO6. The molecule has 2 atom stereocenters. The second kappa shape index (κ2) is 12.9. The quantitative estimate of drug-likeness (QED) is 0.180. The monoisotopic (exact) mass is 559 g/mol. The molecule has 0 radical (unpaired) electrons. The van der Waals surface area contributed by atoms with Crippen LogP contribution in [0.4, 0.5) is 4.79 Å². The Morgan fingerprint density at radius 2 is 1.65 bits per heavy atom. The molecule has 0 bridgehead atoms. The van der Waals surface area contributed by atoms with Crippen LogP contribution in [-0.2, 0) is 16.1 Å². The lowest BCUT2D eigenvalue weighted by atomic mass is 9.87. The van der Waals surface area contributed by atoms with Gasteiger partial charge < -0.3 is 24.2 Å². The van der Waals surface area contributed by atoms with E-state index in [2.05, 4.69) is 24.3 Å². The molecule has 7 nitrogen and oxygen atoms in total. The van der Waals surface area contributed by atoms with Crippen molar-refractivity contribution < 1.29 is 28.9 Å². The summed E-state index contributed by atoms with van der Waals surface area (Å²) in [5.41, 5.74) is 2.43. The van der Waals surface area contributed by atoms with Gasteiger partial charge in [0.25, 0.3) is 0 Å². The third-order valence-corrected chi connectivity index (χ3v) is 7.42. The first kappa shape index (κ1) is 27.5. The average Bonchev–Trinajstić information content (AvgIpc) is 2.98. The van der Waals surface area contributed by atoms with Gasteiger partial charge in [0.2, 0.25) is 0 Å². The molecule has 0 saturated carbocycles. The Morgan fingerprint density at radius 3 is 2.42 bits per heavy atom. The van der Waals surface area contributed by atoms with Gasteiger partial charge in [-0.15, -0.1) is 0 Å². The minimum Gasteiger partial charge on any atom is -0.490 e. The summed E-state index contributed by atoms with van der Waals surface area (Å²) in [5.74, 6) is 0.197. The summed E-state index contributed by atoms with van der Waals surface area (Å²) >= 11 is 6.04. The number of esters is 1. The first-order chi connectivity index (χ1) is 19.5. The molecule has 1 N–H and O–H groups in total. The first-order valence-corrected chi connectivity index (χ1v) is 13.6. The maximum atomic E-state index is 12.2. The third-order valence-electron chi connectivity index (χ3n) is 7.09. The van der Waals surface area contributed by atoms with Crippen molar-refractivity contribution >= 4 is 34.4 Å². The normalized spacial score (nSPS) is 17.0. The van der Waals surface area contributed by atoms with Crippen LogP contribution in [0.5, 0.6) is 5.75 Å². The fraction of sp³-hybridized carbons (Fsp3) is 0.250. The SMILES string of the molecule is O=C(OCCOc1ccc(C2CCN(C(=O)O)CC2OCc2ccc3ccccc3c2)cc1)c1ccccc1Cl. The number of piperidine rings is 1. The van der Waals surface area contributed by atoms with Gasteiger partial charge in [0, 0.05) is 12.5 Å². The Balaban J connectivity index is 1.18. The molecule has 206 valence electrons. The Kier molecular flexibility index (Phi) is 8.84. The Labute approximate surface area is 237 Å². The van der Waals surface area contributed by atoms with E-state index in [1.165, 1.54) is 10.3 Å². The molecule has 8 heteroatoms. The van der Waals surface area contributed by atoms with E-state index in [0.29, 0.717) is 42.5 Å². The van der Waals surface area contributed by atoms with E-state index < -0.39 is 12.1 Å². The van der Waals surface area contributed by atoms with Crippen LogP contribution in [0.1, 0.15) is 33.8 Å². The van der Waals surface area contributed by atoms with E-state index in [0.717, 1.165) is 16.5 Å². The van der Waals surface area contributed by atoms with Crippen molar-refractivity contribution in [1.29, 1.82) is 0 Å². The number of carbonyl (C=O) groups is 2. The maximum Gasteiger partial charge on any atom is 0.407 e. The highest BCUT2D eigenvalue weighted by Gasteiger charge is 2.33. The van der Waals surface area contributed by atoms with Crippen LogP contribution < -0.4 is 4.74 Å². The van der Waals surface area contributed by atoms with Crippen molar-refractivity contribution in [3.63, 3.8) is 0 Å². The predicted molar refractivity (Wildman–Crippen MR) is 153 cm³/mol. The zero-order valence-electron chi connectivity index (χ0n) is 21.9. The number of ether oxygens (including phenoxy) is 3. The van der Waals surface area contributed by atoms with E-state index in [4.69, 9.17) is 25.8 Å². The van der Waals surface area contributed by atoms with Crippen LogP contribution in [0.15, 0.2) is 91.0 Å². The molecular weight excluding hydrogens is 530 g/mol. The number of fused-ring (bicyclic) bond motifs is 1. The van der Waals surface area contributed by atoms with Crippen molar-refractivity contribution in [2.75, 3.05) is 26.3 Å². The first-order valence-electron chi connectivity index (χ1n) is 13.2. The smallest absolute Gasteiger partial charge is 0.407 e. The fourth-order valence-electron chi connectivity index (χ4n) is 4.98. The molecule has 1 heterocycles. The van der Waals surface area contributed by atoms with Gasteiger partial charge in [0.15, 0.2) is 0 Å². The van der Waals surface area contributed by atoms with E-state index in [1.54, 1.807) is 24.3 Å². The third kappa shape index (κ3) is 6.73. The number of carboxylic acid groups (broad SMARTS) is 1. The molecule has 0 spiro atoms. The second-order valence-corrected chi connectivity index (χ2v) is 10.1. The van der Waals surface area contributed by atoms with Crippen molar-refractivity contribution in [3.05, 3.63) is 113 Å². The summed E-state index contributed by atoms with van der Waals surface area (Å²) < 4.78 is 17.4. The van der Waals surface area contributed by atoms with Gasteiger partial charge in [-0.3, -0.25) is 0 Å². The van der Waals surface area contributed by atoms with E-state index in [1.807, 2.05) is 42.5 Å². The number of nitrogens with zero attached hydrogens (tertiary/aromatic N) is 1. The lowest BCUT2D eigenvalue weighted by Crippen LogP contribution is -2.46. The summed E-state index contributed by atoms with van der Waals surface area (Å²) in [4.78, 5) is 25.3. The maximum absolute atomic E-state index is 12.2. The van der Waals surface area contributed by atoms with Gasteiger partial charge in [-0.25, -0.2) is 9.59 Å². The Hall–Kier alpha value is -4.07. The second-order valence-electron chi connectivity index (χ2n) is 9.69. The predicted octanol–water partition coefficient (Wildman–Crippen LogP) is 6.78. The Morgan fingerprint density at radius 1 is 0.900 bits per heavy atom. The molecule has 1 amide bonds. The summed E-state index contributed by atoms with van der Waals surface area (Å²) in [6.45, 7) is 1.44. The highest BCUT2D eigenvalue weighted by molar-refractivity contribution is 6.33. The van der Waals surface area contributed by atoms with Gasteiger partial charge in [-0.05, 0) is 58.7 Å². The summed E-state index contributed by atoms with van der Waals surface area (Å²) in [7, 11) is 0. The van der Waals surface area contributed by atoms with Crippen LogP contribution >= 0.6 is 11.6 Å². The largest absolute Gasteiger partial charge is 0.490 e. The molecule has 2 unspecified atom stereocenters. The van der Waals surface area contributed by atoms with Gasteiger partial charge in [-0.1, -0.05) is 72.3 Å². The minimum absolute atomic E-state index is 0.0432. The highest BCUT2D eigenvalue weighted by Crippen LogP contribution is 2.32. The van der Waals surface area contributed by atoms with E-state index in [9.17, 15) is 14.7 Å². The van der Waals surface area contributed by atoms with Gasteiger partial charge in [-0.2, -0.15) is 0 Å². The molecule has 5 rings (SSSR count). The van der Waals surface area contributed by atoms with Gasteiger partial charge in [0.1, 0.15) is 19.0 Å². The molecule has 1 fully saturated rings. The van der Waals surface area contributed by atoms with Crippen LogP contribution in [0.3, 0.4) is 0 Å². The van der Waals surface area contributed by atoms with Gasteiger partial charge >= 0.3 is 12.1 Å². The average molecular weight is 560 g/mol. The van der Waals surface area contributed by atoms with Crippen molar-refractivity contribution in [2.45, 2.75) is 25.0 Å². The standard InChI is InChI=1S/C32H30ClNO6/c33-29-8-4-3-7-28(29)31(35)39-18-17-38-26-13-11-24(12-14-26)27-15-16-34(32(36)37)20-30(27)40-21-22-9-10-23-5-1-2-6-25(23)19-22/h1-14,19,27,30H,15-18,20-21H2,(H,36,37). The zero-order valence-corrected chi connectivity index (χ0v) is 22.6. The fourth-order valence-corrected chi connectivity index (χ4v) is 5.19. The number of carbonyl (C=O) groups excluding carboxylic acids is 1. The van der Waals surface area contributed by atoms with Crippen LogP contribution in [0.2, 0.25) is 5.02 Å². The molecule has 4 aromatic carbocycles. The van der Waals surface area contributed by atoms with Gasteiger partial charge in [0.05, 0.1) is 29.8 Å². The summed E-state index contributed by atoms with van der Waals surface area (Å²) in [5, 5.41) is 12.2. The molecule has 0 aliphatic carbocycles. The molecule has 1 aliphatic rings. The number of amides is 1. The van der Waals surface area contributed by atoms with Crippen LogP contribution in [0, 0.1) is 0 Å². The number of benzene rings is 4. The van der Waals surface area contributed by atoms with Crippen molar-refractivity contribution in [1.82, 2.24) is 4.90 Å². The van der Waals surface area contributed by atoms with Crippen molar-refractivity contribution in [3.8, 4) is 5.75 Å². The lowest BCUT2D eigenvalue weighted by Gasteiger charge is -2.37. The lowest BCUT2D eigenvalue weighted by molar-refractivity contribution is -0.0199. The number of hydrogen-bond acceptors (Lipinski definition) is 5. The van der Waals surface area contributed by atoms with Crippen LogP contribution in [-0.4, -0.2) is 54.5 Å². The number of likely N-dealkylation sites (tertiary alicyclic amines) is 1. The number of rotatable bonds is 9. The molecule has 40 heavy (non-hydrogen) atoms. The molecule has 1 saturated heterocycles. The highest BCUT2D eigenvalue weighted by atomic mass is 35.5. The molecule has 4 aromatic rings. The Bertz CT molecular complexity index is 1470. The van der Waals surface area contributed by atoms with Crippen LogP contribution in [0.25, 0.3) is 10.8 Å². The number of hydrogen-bond donors (Lipinski definition) is 1. The number of halogens is 1. The topological polar surface area (TPSA) is 85.3 Å². The van der Waals surface area contributed by atoms with E-state index in [-0.39, 0.29) is 25.2 Å². The zero-order chi connectivity index (χ0) is 27.9. The summed E-state index contributed by atoms with van der Waals surface area (Å²) in [6, 6.07) is 28.8. The van der Waals surface area contributed by atoms with Crippen molar-refractivity contribution in [2.24, 2.45) is 0 Å². The minimum atomic E-state index is -0.934.